The van der Waals surface area contributed by atoms with Crippen molar-refractivity contribution in [2.24, 2.45) is 5.41 Å². The summed E-state index contributed by atoms with van der Waals surface area (Å²) in [6.07, 6.45) is 6.91. The molecule has 1 amide bonds. The highest BCUT2D eigenvalue weighted by Gasteiger charge is 2.36. The molecule has 1 aliphatic carbocycles. The predicted molar refractivity (Wildman–Crippen MR) is 143 cm³/mol. The summed E-state index contributed by atoms with van der Waals surface area (Å²) >= 11 is 0. The van der Waals surface area contributed by atoms with Gasteiger partial charge in [0.1, 0.15) is 11.5 Å². The summed E-state index contributed by atoms with van der Waals surface area (Å²) in [6.45, 7) is 1.15. The molecule has 0 atom stereocenters. The number of nitrogens with one attached hydrogen (secondary N) is 2. The Labute approximate surface area is 221 Å². The van der Waals surface area contributed by atoms with E-state index < -0.39 is 16.4 Å². The summed E-state index contributed by atoms with van der Waals surface area (Å²) < 4.78 is 11.2. The molecule has 1 heterocycles. The SMILES string of the molecule is CN(C)CCc1c[nH]c2cccc(OC(=O)CC3(CNC(=O)Oc4ccc([N+](=O)[O-])cc4)CCCCC3)c12. The number of hydrogen-bond donors (Lipinski definition) is 2. The minimum absolute atomic E-state index is 0.0856. The average molecular weight is 523 g/mol. The first-order chi connectivity index (χ1) is 18.2. The van der Waals surface area contributed by atoms with E-state index in [-0.39, 0.29) is 30.4 Å². The van der Waals surface area contributed by atoms with Crippen LogP contribution in [-0.4, -0.2) is 54.1 Å². The van der Waals surface area contributed by atoms with Gasteiger partial charge in [-0.3, -0.25) is 14.9 Å². The largest absolute Gasteiger partial charge is 0.426 e. The fraction of sp³-hybridized carbons (Fsp3) is 0.429. The highest BCUT2D eigenvalue weighted by molar-refractivity contribution is 5.91. The minimum atomic E-state index is -0.667. The van der Waals surface area contributed by atoms with Crippen LogP contribution in [0.1, 0.15) is 44.1 Å². The first-order valence-corrected chi connectivity index (χ1v) is 12.9. The van der Waals surface area contributed by atoms with Gasteiger partial charge in [-0.25, -0.2) is 4.79 Å². The van der Waals surface area contributed by atoms with Crippen molar-refractivity contribution in [2.75, 3.05) is 27.2 Å². The van der Waals surface area contributed by atoms with Crippen LogP contribution in [0.4, 0.5) is 10.5 Å². The summed E-state index contributed by atoms with van der Waals surface area (Å²) in [6, 6.07) is 11.0. The zero-order chi connectivity index (χ0) is 27.1. The number of amides is 1. The van der Waals surface area contributed by atoms with Crippen LogP contribution in [0, 0.1) is 15.5 Å². The predicted octanol–water partition coefficient (Wildman–Crippen LogP) is 5.21. The van der Waals surface area contributed by atoms with E-state index in [9.17, 15) is 19.7 Å². The molecular weight excluding hydrogens is 488 g/mol. The molecule has 202 valence electrons. The molecular formula is C28H34N4O6. The number of likely N-dealkylation sites (N-methyl/N-ethyl adjacent to an activating group) is 1. The monoisotopic (exact) mass is 522 g/mol. The number of hydrogen-bond acceptors (Lipinski definition) is 7. The Hall–Kier alpha value is -3.92. The van der Waals surface area contributed by atoms with E-state index in [4.69, 9.17) is 9.47 Å². The minimum Gasteiger partial charge on any atom is -0.426 e. The van der Waals surface area contributed by atoms with Crippen molar-refractivity contribution in [2.45, 2.75) is 44.9 Å². The van der Waals surface area contributed by atoms with Crippen molar-refractivity contribution in [3.63, 3.8) is 0 Å². The topological polar surface area (TPSA) is 127 Å². The number of nitrogens with zero attached hydrogens (tertiary/aromatic N) is 2. The number of H-pyrrole nitrogens is 1. The quantitative estimate of drug-likeness (QED) is 0.162. The van der Waals surface area contributed by atoms with Crippen molar-refractivity contribution in [1.82, 2.24) is 15.2 Å². The smallest absolute Gasteiger partial charge is 0.412 e. The number of aromatic nitrogens is 1. The Bertz CT molecular complexity index is 1280. The molecule has 10 heteroatoms. The van der Waals surface area contributed by atoms with Crippen LogP contribution < -0.4 is 14.8 Å². The van der Waals surface area contributed by atoms with Crippen molar-refractivity contribution >= 4 is 28.7 Å². The molecule has 0 bridgehead atoms. The number of carbonyl (C=O) groups is 2. The van der Waals surface area contributed by atoms with Gasteiger partial charge in [0.15, 0.2) is 0 Å². The molecule has 4 rings (SSSR count). The van der Waals surface area contributed by atoms with Crippen LogP contribution >= 0.6 is 0 Å². The van der Waals surface area contributed by atoms with Gasteiger partial charge in [0.2, 0.25) is 0 Å². The van der Waals surface area contributed by atoms with E-state index in [2.05, 4.69) is 15.2 Å². The van der Waals surface area contributed by atoms with Crippen LogP contribution in [0.3, 0.4) is 0 Å². The maximum atomic E-state index is 13.2. The van der Waals surface area contributed by atoms with Crippen LogP contribution in [0.15, 0.2) is 48.7 Å². The second-order valence-electron chi connectivity index (χ2n) is 10.3. The van der Waals surface area contributed by atoms with Crippen molar-refractivity contribution in [3.05, 3.63) is 64.3 Å². The molecule has 0 saturated heterocycles. The molecule has 0 spiro atoms. The lowest BCUT2D eigenvalue weighted by atomic mass is 9.71. The lowest BCUT2D eigenvalue weighted by Gasteiger charge is -2.36. The molecule has 0 radical (unpaired) electrons. The molecule has 0 unspecified atom stereocenters. The van der Waals surface area contributed by atoms with E-state index in [1.54, 1.807) is 0 Å². The number of fused-ring (bicyclic) bond motifs is 1. The van der Waals surface area contributed by atoms with Gasteiger partial charge in [-0.15, -0.1) is 0 Å². The fourth-order valence-electron chi connectivity index (χ4n) is 5.07. The first-order valence-electron chi connectivity index (χ1n) is 12.9. The first kappa shape index (κ1) is 27.1. The molecule has 1 aromatic heterocycles. The molecule has 1 fully saturated rings. The normalized spacial score (nSPS) is 14.8. The summed E-state index contributed by atoms with van der Waals surface area (Å²) in [7, 11) is 4.05. The Morgan fingerprint density at radius 2 is 1.82 bits per heavy atom. The molecule has 3 aromatic rings. The molecule has 1 aliphatic rings. The van der Waals surface area contributed by atoms with E-state index >= 15 is 0 Å². The number of nitro groups is 1. The maximum Gasteiger partial charge on any atom is 0.412 e. The van der Waals surface area contributed by atoms with Gasteiger partial charge in [-0.05, 0) is 68.6 Å². The van der Waals surface area contributed by atoms with Gasteiger partial charge >= 0.3 is 12.1 Å². The third kappa shape index (κ3) is 6.89. The molecule has 2 aromatic carbocycles. The maximum absolute atomic E-state index is 13.2. The van der Waals surface area contributed by atoms with Crippen LogP contribution in [0.25, 0.3) is 10.9 Å². The third-order valence-corrected chi connectivity index (χ3v) is 7.10. The van der Waals surface area contributed by atoms with E-state index in [1.807, 2.05) is 38.5 Å². The third-order valence-electron chi connectivity index (χ3n) is 7.10. The lowest BCUT2D eigenvalue weighted by molar-refractivity contribution is -0.384. The molecule has 2 N–H and O–H groups in total. The summed E-state index contributed by atoms with van der Waals surface area (Å²) in [5.41, 5.74) is 1.51. The zero-order valence-corrected chi connectivity index (χ0v) is 21.8. The lowest BCUT2D eigenvalue weighted by Crippen LogP contribution is -2.42. The number of non-ortho nitro benzene ring substituents is 1. The Morgan fingerprint density at radius 3 is 2.50 bits per heavy atom. The van der Waals surface area contributed by atoms with Crippen LogP contribution in [0.5, 0.6) is 11.5 Å². The summed E-state index contributed by atoms with van der Waals surface area (Å²) in [4.78, 5) is 41.4. The van der Waals surface area contributed by atoms with E-state index in [0.717, 1.165) is 61.5 Å². The average Bonchev–Trinajstić information content (AvgIpc) is 3.31. The molecule has 10 nitrogen and oxygen atoms in total. The van der Waals surface area contributed by atoms with Gasteiger partial charge in [0.05, 0.1) is 11.3 Å². The van der Waals surface area contributed by atoms with Gasteiger partial charge in [-0.1, -0.05) is 25.3 Å². The highest BCUT2D eigenvalue weighted by atomic mass is 16.6. The number of aromatic amines is 1. The number of ether oxygens (including phenoxy) is 2. The Balaban J connectivity index is 1.41. The van der Waals surface area contributed by atoms with E-state index in [0.29, 0.717) is 5.75 Å². The summed E-state index contributed by atoms with van der Waals surface area (Å²) in [5.74, 6) is 0.415. The van der Waals surface area contributed by atoms with Gasteiger partial charge in [0, 0.05) is 42.3 Å². The molecule has 0 aliphatic heterocycles. The van der Waals surface area contributed by atoms with Gasteiger partial charge < -0.3 is 24.7 Å². The van der Waals surface area contributed by atoms with Gasteiger partial charge in [-0.2, -0.15) is 0 Å². The van der Waals surface area contributed by atoms with Crippen LogP contribution in [-0.2, 0) is 11.2 Å². The van der Waals surface area contributed by atoms with Crippen LogP contribution in [0.2, 0.25) is 0 Å². The Kier molecular flexibility index (Phi) is 8.62. The van der Waals surface area contributed by atoms with Crippen molar-refractivity contribution in [1.29, 1.82) is 0 Å². The van der Waals surface area contributed by atoms with Gasteiger partial charge in [0.25, 0.3) is 5.69 Å². The second-order valence-corrected chi connectivity index (χ2v) is 10.3. The number of rotatable bonds is 10. The molecule has 38 heavy (non-hydrogen) atoms. The number of nitro benzene ring substituents is 1. The summed E-state index contributed by atoms with van der Waals surface area (Å²) in [5, 5.41) is 14.5. The van der Waals surface area contributed by atoms with Crippen molar-refractivity contribution < 1.29 is 24.0 Å². The number of carbonyl (C=O) groups excluding carboxylic acids is 2. The Morgan fingerprint density at radius 1 is 1.08 bits per heavy atom. The molecule has 1 saturated carbocycles. The second kappa shape index (κ2) is 12.1. The van der Waals surface area contributed by atoms with E-state index in [1.165, 1.54) is 24.3 Å². The fourth-order valence-corrected chi connectivity index (χ4v) is 5.07. The highest BCUT2D eigenvalue weighted by Crippen LogP contribution is 2.40. The zero-order valence-electron chi connectivity index (χ0n) is 21.8. The number of benzene rings is 2. The standard InChI is InChI=1S/C28H34N4O6/c1-31(2)16-13-20-18-29-23-7-6-8-24(26(20)23)38-25(33)17-28(14-4-3-5-15-28)19-30-27(34)37-22-11-9-21(10-12-22)32(35)36/h6-12,18,29H,3-5,13-17,19H2,1-2H3,(H,30,34). The van der Waals surface area contributed by atoms with Crippen molar-refractivity contribution in [3.8, 4) is 11.5 Å². The number of esters is 1.